The number of nitrogens with one attached hydrogen (secondary N) is 2. The zero-order valence-electron chi connectivity index (χ0n) is 8.60. The Balaban J connectivity index is 2.55. The van der Waals surface area contributed by atoms with Crippen molar-refractivity contribution in [1.29, 1.82) is 0 Å². The maximum absolute atomic E-state index is 11.4. The molecule has 6 nitrogen and oxygen atoms in total. The first-order valence-electron chi connectivity index (χ1n) is 4.41. The van der Waals surface area contributed by atoms with Crippen LogP contribution in [-0.2, 0) is 14.9 Å². The average Bonchev–Trinajstić information content (AvgIpc) is 2.21. The molecule has 90 valence electrons. The van der Waals surface area contributed by atoms with Crippen molar-refractivity contribution in [2.75, 3.05) is 25.0 Å². The number of aromatic nitrogens is 1. The maximum atomic E-state index is 11.4. The van der Waals surface area contributed by atoms with E-state index in [1.54, 1.807) is 12.1 Å². The lowest BCUT2D eigenvalue weighted by Crippen LogP contribution is -2.32. The average molecular weight is 310 g/mol. The van der Waals surface area contributed by atoms with Crippen LogP contribution in [0.2, 0.25) is 0 Å². The molecule has 0 radical (unpaired) electrons. The van der Waals surface area contributed by atoms with Gasteiger partial charge in [-0.15, -0.1) is 0 Å². The van der Waals surface area contributed by atoms with Crippen LogP contribution in [0.3, 0.4) is 0 Å². The number of ether oxygens (including phenoxy) is 1. The van der Waals surface area contributed by atoms with E-state index in [2.05, 4.69) is 30.4 Å². The monoisotopic (exact) mass is 309 g/mol. The van der Waals surface area contributed by atoms with Gasteiger partial charge in [0, 0.05) is 13.7 Å². The summed E-state index contributed by atoms with van der Waals surface area (Å²) >= 11 is 3.16. The smallest absolute Gasteiger partial charge is 0.299 e. The van der Waals surface area contributed by atoms with E-state index in [1.165, 1.54) is 13.3 Å². The fourth-order valence-corrected chi connectivity index (χ4v) is 2.00. The van der Waals surface area contributed by atoms with Crippen LogP contribution in [0.15, 0.2) is 22.9 Å². The first kappa shape index (κ1) is 13.4. The normalized spacial score (nSPS) is 11.4. The van der Waals surface area contributed by atoms with E-state index in [-0.39, 0.29) is 6.54 Å². The van der Waals surface area contributed by atoms with Gasteiger partial charge in [0.25, 0.3) is 10.2 Å². The van der Waals surface area contributed by atoms with Gasteiger partial charge in [0.1, 0.15) is 4.60 Å². The third-order valence-electron chi connectivity index (χ3n) is 1.58. The van der Waals surface area contributed by atoms with Crippen LogP contribution in [0.25, 0.3) is 0 Å². The molecular weight excluding hydrogens is 298 g/mol. The molecule has 1 rings (SSSR count). The molecule has 0 saturated carbocycles. The fraction of sp³-hybridized carbons (Fsp3) is 0.375. The molecule has 1 heterocycles. The van der Waals surface area contributed by atoms with Crippen LogP contribution in [0.1, 0.15) is 0 Å². The Labute approximate surface area is 103 Å². The number of hydrogen-bond acceptors (Lipinski definition) is 4. The predicted octanol–water partition coefficient (Wildman–Crippen LogP) is 0.737. The summed E-state index contributed by atoms with van der Waals surface area (Å²) in [6.45, 7) is 0.537. The van der Waals surface area contributed by atoms with Gasteiger partial charge < -0.3 is 4.74 Å². The largest absolute Gasteiger partial charge is 0.383 e. The maximum Gasteiger partial charge on any atom is 0.299 e. The Morgan fingerprint density at radius 2 is 2.25 bits per heavy atom. The second-order valence-electron chi connectivity index (χ2n) is 2.86. The summed E-state index contributed by atoms with van der Waals surface area (Å²) in [4.78, 5) is 3.90. The van der Waals surface area contributed by atoms with Gasteiger partial charge in [-0.1, -0.05) is 0 Å². The number of methoxy groups -OCH3 is 1. The third kappa shape index (κ3) is 4.88. The summed E-state index contributed by atoms with van der Waals surface area (Å²) in [5.74, 6) is 0. The van der Waals surface area contributed by atoms with Gasteiger partial charge in [-0.05, 0) is 28.1 Å². The minimum absolute atomic E-state index is 0.218. The summed E-state index contributed by atoms with van der Waals surface area (Å²) in [6.07, 6.45) is 1.42. The molecule has 16 heavy (non-hydrogen) atoms. The molecule has 0 atom stereocenters. The molecule has 0 spiro atoms. The Morgan fingerprint density at radius 3 is 2.81 bits per heavy atom. The van der Waals surface area contributed by atoms with Crippen molar-refractivity contribution in [2.45, 2.75) is 0 Å². The number of hydrogen-bond donors (Lipinski definition) is 2. The SMILES string of the molecule is COCCNS(=O)(=O)Nc1ccc(Br)nc1. The van der Waals surface area contributed by atoms with Crippen molar-refractivity contribution >= 4 is 31.8 Å². The van der Waals surface area contributed by atoms with E-state index in [0.29, 0.717) is 16.9 Å². The molecule has 0 amide bonds. The van der Waals surface area contributed by atoms with Crippen LogP contribution < -0.4 is 9.44 Å². The summed E-state index contributed by atoms with van der Waals surface area (Å²) < 4.78 is 32.9. The zero-order valence-corrected chi connectivity index (χ0v) is 11.0. The highest BCUT2D eigenvalue weighted by Gasteiger charge is 2.08. The number of halogens is 1. The molecule has 0 bridgehead atoms. The standard InChI is InChI=1S/C8H12BrN3O3S/c1-15-5-4-11-16(13,14)12-7-2-3-8(9)10-6-7/h2-3,6,11-12H,4-5H2,1H3. The van der Waals surface area contributed by atoms with Crippen LogP contribution in [-0.4, -0.2) is 33.7 Å². The molecule has 0 aliphatic rings. The molecule has 0 aliphatic heterocycles. The Kier molecular flexibility index (Phi) is 5.13. The molecule has 0 unspecified atom stereocenters. The Hall–Kier alpha value is -0.700. The van der Waals surface area contributed by atoms with Crippen molar-refractivity contribution < 1.29 is 13.2 Å². The molecule has 1 aromatic heterocycles. The van der Waals surface area contributed by atoms with E-state index in [0.717, 1.165) is 0 Å². The van der Waals surface area contributed by atoms with Gasteiger partial charge in [-0.2, -0.15) is 13.1 Å². The molecule has 2 N–H and O–H groups in total. The summed E-state index contributed by atoms with van der Waals surface area (Å²) in [5, 5.41) is 0. The Morgan fingerprint density at radius 1 is 1.50 bits per heavy atom. The Bertz CT molecular complexity index is 421. The molecule has 0 aliphatic carbocycles. The van der Waals surface area contributed by atoms with Crippen molar-refractivity contribution in [3.8, 4) is 0 Å². The quantitative estimate of drug-likeness (QED) is 0.600. The van der Waals surface area contributed by atoms with Gasteiger partial charge >= 0.3 is 0 Å². The van der Waals surface area contributed by atoms with E-state index in [4.69, 9.17) is 4.74 Å². The fourth-order valence-electron chi connectivity index (χ4n) is 0.906. The molecule has 0 aromatic carbocycles. The van der Waals surface area contributed by atoms with Crippen LogP contribution >= 0.6 is 15.9 Å². The van der Waals surface area contributed by atoms with Gasteiger partial charge in [0.05, 0.1) is 18.5 Å². The van der Waals surface area contributed by atoms with Crippen LogP contribution in [0.4, 0.5) is 5.69 Å². The summed E-state index contributed by atoms with van der Waals surface area (Å²) in [5.41, 5.74) is 0.396. The topological polar surface area (TPSA) is 80.3 Å². The van der Waals surface area contributed by atoms with Crippen molar-refractivity contribution in [3.63, 3.8) is 0 Å². The van der Waals surface area contributed by atoms with Gasteiger partial charge in [-0.3, -0.25) is 4.72 Å². The molecule has 0 fully saturated rings. The number of anilines is 1. The van der Waals surface area contributed by atoms with Gasteiger partial charge in [0.15, 0.2) is 0 Å². The number of pyridine rings is 1. The highest BCUT2D eigenvalue weighted by atomic mass is 79.9. The molecule has 1 aromatic rings. The third-order valence-corrected chi connectivity index (χ3v) is 3.14. The van der Waals surface area contributed by atoms with E-state index >= 15 is 0 Å². The summed E-state index contributed by atoms with van der Waals surface area (Å²) in [6, 6.07) is 3.25. The van der Waals surface area contributed by atoms with Crippen molar-refractivity contribution in [2.24, 2.45) is 0 Å². The van der Waals surface area contributed by atoms with E-state index in [1.807, 2.05) is 0 Å². The van der Waals surface area contributed by atoms with Crippen molar-refractivity contribution in [3.05, 3.63) is 22.9 Å². The van der Waals surface area contributed by atoms with Gasteiger partial charge in [-0.25, -0.2) is 4.98 Å². The number of nitrogens with zero attached hydrogens (tertiary/aromatic N) is 1. The lowest BCUT2D eigenvalue weighted by atomic mass is 10.4. The van der Waals surface area contributed by atoms with E-state index in [9.17, 15) is 8.42 Å². The predicted molar refractivity (Wildman–Crippen MR) is 64.4 cm³/mol. The number of rotatable bonds is 6. The highest BCUT2D eigenvalue weighted by molar-refractivity contribution is 9.10. The summed E-state index contributed by atoms with van der Waals surface area (Å²) in [7, 11) is -2.05. The molecule has 8 heteroatoms. The lowest BCUT2D eigenvalue weighted by Gasteiger charge is -2.08. The first-order valence-corrected chi connectivity index (χ1v) is 6.69. The van der Waals surface area contributed by atoms with Crippen molar-refractivity contribution in [1.82, 2.24) is 9.71 Å². The first-order chi connectivity index (χ1) is 7.53. The van der Waals surface area contributed by atoms with Crippen LogP contribution in [0.5, 0.6) is 0 Å². The second kappa shape index (κ2) is 6.14. The lowest BCUT2D eigenvalue weighted by molar-refractivity contribution is 0.204. The zero-order chi connectivity index (χ0) is 12.0. The van der Waals surface area contributed by atoms with E-state index < -0.39 is 10.2 Å². The molecule has 0 saturated heterocycles. The second-order valence-corrected chi connectivity index (χ2v) is 5.17. The molecular formula is C8H12BrN3O3S. The minimum atomic E-state index is -3.56. The van der Waals surface area contributed by atoms with Crippen LogP contribution in [0, 0.1) is 0 Å². The highest BCUT2D eigenvalue weighted by Crippen LogP contribution is 2.11. The minimum Gasteiger partial charge on any atom is -0.383 e. The van der Waals surface area contributed by atoms with Gasteiger partial charge in [0.2, 0.25) is 0 Å².